The molecule has 642 valence electrons. The van der Waals surface area contributed by atoms with Gasteiger partial charge in [-0.1, -0.05) is 78.9 Å². The van der Waals surface area contributed by atoms with Gasteiger partial charge in [0.1, 0.15) is 13.2 Å². The maximum Gasteiger partial charge on any atom is 0.460 e. The molecule has 1 fully saturated rings. The molecule has 0 aromatic carbocycles. The maximum atomic E-state index is 15.6. The lowest BCUT2D eigenvalue weighted by molar-refractivity contribution is -0.360. The van der Waals surface area contributed by atoms with Gasteiger partial charge in [-0.3, -0.25) is 33.1 Å². The minimum absolute atomic E-state index is 0.320. The summed E-state index contributed by atoms with van der Waals surface area (Å²) >= 11 is 11.7. The Labute approximate surface area is 648 Å². The number of carbonyl (C=O) groups excluding carboxylic acids is 7. The largest absolute Gasteiger partial charge is 0.476 e. The third-order valence-corrected chi connectivity index (χ3v) is 25.5. The first-order valence-electron chi connectivity index (χ1n) is 33.7. The second-order valence-corrected chi connectivity index (χ2v) is 39.4. The summed E-state index contributed by atoms with van der Waals surface area (Å²) in [6.07, 6.45) is -19.5. The molecule has 9 atom stereocenters. The summed E-state index contributed by atoms with van der Waals surface area (Å²) in [6, 6.07) is -2.06. The molecule has 46 heteroatoms. The van der Waals surface area contributed by atoms with E-state index < -0.39 is 271 Å². The minimum Gasteiger partial charge on any atom is -0.476 e. The number of methoxy groups -OCH3 is 1. The smallest absolute Gasteiger partial charge is 0.460 e. The van der Waals surface area contributed by atoms with E-state index in [4.69, 9.17) is 69.1 Å². The molecule has 1 saturated carbocycles. The van der Waals surface area contributed by atoms with Gasteiger partial charge in [0.25, 0.3) is 0 Å². The lowest BCUT2D eigenvalue weighted by Crippen LogP contribution is -2.64. The molecule has 110 heavy (non-hydrogen) atoms. The van der Waals surface area contributed by atoms with Crippen LogP contribution in [0.3, 0.4) is 0 Å². The highest BCUT2D eigenvalue weighted by molar-refractivity contribution is 8.23. The van der Waals surface area contributed by atoms with Gasteiger partial charge in [-0.15, -0.1) is 0 Å². The number of nitrogens with one attached hydrogen (secondary N) is 4. The van der Waals surface area contributed by atoms with Crippen LogP contribution in [0.25, 0.3) is 0 Å². The molecule has 0 aromatic rings. The van der Waals surface area contributed by atoms with Gasteiger partial charge in [0.15, 0.2) is 13.2 Å². The molecule has 0 aromatic heterocycles. The fraction of sp³-hybridized carbons (Fsp3) is 0.859. The predicted octanol–water partition coefficient (Wildman–Crippen LogP) is 11.9. The SMILES string of the molecule is COC(=O)C(C(C)(C)CC(C)(C(=O)OCCNC(=O)NCCP(=O)(O)O)C(C)(C)C(C)C(C)(C(=O)OCC(F)(F)C(F)(F)C(F)(F)F)C(C)(N)SC(=S)OC(C)C)C(C)(C)CC1(C(=O)OCCNC(=O)NCCP(=O)(O)O)CC1(C)C(C)(N)CC(C)(C(=O)OCC(F)(F)C(F)(F)C(F)(F)F)C(C)(C)SC(=S)OC(C)C. The Kier molecular flexibility index (Phi) is 34.3. The summed E-state index contributed by atoms with van der Waals surface area (Å²) in [5, 5.41) is 8.93. The van der Waals surface area contributed by atoms with Crippen molar-refractivity contribution in [2.24, 2.45) is 66.6 Å². The van der Waals surface area contributed by atoms with Crippen LogP contribution in [0, 0.1) is 55.2 Å². The number of nitrogens with two attached hydrogens (primary N) is 2. The van der Waals surface area contributed by atoms with E-state index in [1.165, 1.54) is 111 Å². The number of amides is 4. The highest BCUT2D eigenvalue weighted by atomic mass is 32.2. The second kappa shape index (κ2) is 36.4. The van der Waals surface area contributed by atoms with Crippen molar-refractivity contribution in [1.29, 1.82) is 0 Å². The van der Waals surface area contributed by atoms with Gasteiger partial charge in [0, 0.05) is 28.8 Å². The van der Waals surface area contributed by atoms with Crippen molar-refractivity contribution in [2.45, 2.75) is 221 Å². The van der Waals surface area contributed by atoms with Gasteiger partial charge in [0.05, 0.1) is 77.2 Å². The van der Waals surface area contributed by atoms with E-state index in [-0.39, 0.29) is 4.38 Å². The standard InChI is InChI=1S/C64H104F14N6O20P2S4/c1-35(2)103-46(107)109-51(12,13)53(15,41(87)101-33-59(65,66)61(69,70)63(73,74)75)31-55(17,79)54(16)32-58(54,43(89)100-26-22-82-45(91)84-24-28-106(95,96)97)30-49(8,9)38(39(85)98-20)48(6,7)29-52(14,40(86)99-25-21-81-44(90)83-23-27-105(92,93)94)50(10,11)37(5)56(18,57(19,80)110-47(108)104-36(3)4)42(88)102-34-60(67,68)62(71,72)64(76,77)78/h35-38H,21-34,79-80H2,1-20H3,(H2,81,83,90)(H2,82,84,91)(H2,92,93,94)(H2,95,96,97). The molecule has 1 aliphatic rings. The summed E-state index contributed by atoms with van der Waals surface area (Å²) in [5.74, 6) is -36.8. The molecule has 1 rings (SSSR count). The number of hydrogen-bond donors (Lipinski definition) is 10. The lowest BCUT2D eigenvalue weighted by Gasteiger charge is -2.57. The van der Waals surface area contributed by atoms with Crippen LogP contribution in [0.1, 0.15) is 157 Å². The molecule has 0 bridgehead atoms. The van der Waals surface area contributed by atoms with Crippen LogP contribution in [-0.4, -0.2) is 206 Å². The quantitative estimate of drug-likeness (QED) is 0.00517. The number of hydrogen-bond acceptors (Lipinski definition) is 22. The number of thiocarbonyl (C=S) groups is 2. The Balaban J connectivity index is 4.75. The monoisotopic (exact) mass is 1730 g/mol. The Morgan fingerprint density at radius 2 is 0.909 bits per heavy atom. The fourth-order valence-electron chi connectivity index (χ4n) is 13.6. The van der Waals surface area contributed by atoms with Crippen LogP contribution in [0.4, 0.5) is 71.1 Å². The summed E-state index contributed by atoms with van der Waals surface area (Å²) in [6.45, 7) is 15.1. The normalized spacial score (nSPS) is 20.0. The van der Waals surface area contributed by atoms with E-state index in [1.54, 1.807) is 0 Å². The average Bonchev–Trinajstić information content (AvgIpc) is 1.49. The minimum atomic E-state index is -6.91. The number of carbonyl (C=O) groups is 7. The third kappa shape index (κ3) is 24.6. The van der Waals surface area contributed by atoms with Crippen molar-refractivity contribution in [3.05, 3.63) is 0 Å². The van der Waals surface area contributed by atoms with E-state index in [9.17, 15) is 91.8 Å². The number of esters is 5. The molecule has 0 saturated heterocycles. The number of alkyl halides is 14. The molecule has 9 unspecified atom stereocenters. The summed E-state index contributed by atoms with van der Waals surface area (Å²) in [4.78, 5) is 136. The first-order chi connectivity index (χ1) is 48.8. The molecule has 26 nitrogen and oxygen atoms in total. The molecular formula is C64H104F14N6O20P2S4. The van der Waals surface area contributed by atoms with Crippen molar-refractivity contribution in [3.63, 3.8) is 0 Å². The van der Waals surface area contributed by atoms with Crippen LogP contribution in [-0.2, 0) is 66.3 Å². The van der Waals surface area contributed by atoms with E-state index in [0.29, 0.717) is 23.5 Å². The van der Waals surface area contributed by atoms with E-state index in [1.807, 2.05) is 0 Å². The van der Waals surface area contributed by atoms with Gasteiger partial charge in [0.2, 0.25) is 8.77 Å². The zero-order valence-electron chi connectivity index (χ0n) is 64.5. The van der Waals surface area contributed by atoms with Crippen LogP contribution < -0.4 is 32.7 Å². The summed E-state index contributed by atoms with van der Waals surface area (Å²) in [5.41, 5.74) is -5.32. The number of halogens is 14. The Bertz CT molecular complexity index is 3410. The summed E-state index contributed by atoms with van der Waals surface area (Å²) in [7, 11) is -8.32. The van der Waals surface area contributed by atoms with E-state index >= 15 is 31.9 Å². The van der Waals surface area contributed by atoms with Gasteiger partial charge in [-0.05, 0) is 148 Å². The Hall–Kier alpha value is -4.39. The topological polar surface area (TPSA) is 399 Å². The third-order valence-electron chi connectivity index (χ3n) is 20.9. The predicted molar refractivity (Wildman–Crippen MR) is 384 cm³/mol. The highest BCUT2D eigenvalue weighted by Crippen LogP contribution is 2.75. The van der Waals surface area contributed by atoms with Crippen molar-refractivity contribution >= 4 is 114 Å². The van der Waals surface area contributed by atoms with Gasteiger partial charge < -0.3 is 85.5 Å². The van der Waals surface area contributed by atoms with E-state index in [0.717, 1.165) is 27.9 Å². The Morgan fingerprint density at radius 3 is 1.29 bits per heavy atom. The van der Waals surface area contributed by atoms with Crippen molar-refractivity contribution in [2.75, 3.05) is 72.0 Å². The van der Waals surface area contributed by atoms with Crippen LogP contribution in [0.2, 0.25) is 0 Å². The number of rotatable bonds is 41. The van der Waals surface area contributed by atoms with Gasteiger partial charge >= 0.3 is 93.1 Å². The molecule has 0 radical (unpaired) electrons. The molecule has 12 N–H and O–H groups in total. The lowest BCUT2D eigenvalue weighted by atomic mass is 9.48. The van der Waals surface area contributed by atoms with E-state index in [2.05, 4.69) is 21.3 Å². The van der Waals surface area contributed by atoms with Crippen LogP contribution >= 0.6 is 63.2 Å². The molecule has 0 heterocycles. The van der Waals surface area contributed by atoms with Crippen LogP contribution in [0.5, 0.6) is 0 Å². The highest BCUT2D eigenvalue weighted by Gasteiger charge is 2.79. The molecule has 0 spiro atoms. The number of urea groups is 2. The number of thioether (sulfide) groups is 2. The zero-order valence-corrected chi connectivity index (χ0v) is 69.6. The van der Waals surface area contributed by atoms with Crippen molar-refractivity contribution in [3.8, 4) is 0 Å². The van der Waals surface area contributed by atoms with Crippen molar-refractivity contribution < 1.29 is 157 Å². The number of ether oxygens (including phenoxy) is 7. The van der Waals surface area contributed by atoms with Gasteiger partial charge in [-0.2, -0.15) is 61.5 Å². The average molecular weight is 1730 g/mol. The Morgan fingerprint density at radius 1 is 0.536 bits per heavy atom. The van der Waals surface area contributed by atoms with Gasteiger partial charge in [-0.25, -0.2) is 9.59 Å². The molecule has 0 aliphatic heterocycles. The second-order valence-electron chi connectivity index (χ2n) is 31.6. The summed E-state index contributed by atoms with van der Waals surface area (Å²) < 4.78 is 257. The first-order valence-corrected chi connectivity index (χ1v) is 39.7. The molecular weight excluding hydrogens is 1630 g/mol. The first kappa shape index (κ1) is 104. The fourth-order valence-corrected chi connectivity index (χ4v) is 18.0. The van der Waals surface area contributed by atoms with Crippen molar-refractivity contribution in [1.82, 2.24) is 21.3 Å². The zero-order chi connectivity index (χ0) is 87.1. The maximum absolute atomic E-state index is 15.6. The molecule has 1 aliphatic carbocycles. The molecule has 4 amide bonds. The van der Waals surface area contributed by atoms with Crippen LogP contribution in [0.15, 0.2) is 0 Å².